The molecule has 3 aromatic carbocycles. The number of anilines is 2. The fraction of sp³-hybridized carbons (Fsp3) is 0.0952. The van der Waals surface area contributed by atoms with Gasteiger partial charge in [-0.3, -0.25) is 4.79 Å². The van der Waals surface area contributed by atoms with Gasteiger partial charge >= 0.3 is 0 Å². The van der Waals surface area contributed by atoms with E-state index in [0.29, 0.717) is 12.3 Å². The van der Waals surface area contributed by atoms with Crippen LogP contribution in [0, 0.1) is 0 Å². The summed E-state index contributed by atoms with van der Waals surface area (Å²) >= 11 is 1.36. The summed E-state index contributed by atoms with van der Waals surface area (Å²) in [6.07, 6.45) is 0.461. The summed E-state index contributed by atoms with van der Waals surface area (Å²) in [6, 6.07) is 30.2. The van der Waals surface area contributed by atoms with Crippen LogP contribution in [-0.4, -0.2) is 11.0 Å². The Labute approximate surface area is 147 Å². The van der Waals surface area contributed by atoms with E-state index in [1.165, 1.54) is 11.8 Å². The average Bonchev–Trinajstić information content (AvgIpc) is 2.64. The Balaban J connectivity index is 1.70. The van der Waals surface area contributed by atoms with Crippen LogP contribution >= 0.6 is 11.8 Å². The van der Waals surface area contributed by atoms with Gasteiger partial charge < -0.3 is 4.90 Å². The van der Waals surface area contributed by atoms with Crippen LogP contribution in [0.25, 0.3) is 0 Å². The van der Waals surface area contributed by atoms with Crippen LogP contribution in [0.1, 0.15) is 5.56 Å². The first kappa shape index (κ1) is 16.3. The Hall–Kier alpha value is -2.52. The highest BCUT2D eigenvalue weighted by atomic mass is 32.2. The molecule has 24 heavy (non-hydrogen) atoms. The predicted molar refractivity (Wildman–Crippen MR) is 103 cm³/mol. The lowest BCUT2D eigenvalue weighted by Crippen LogP contribution is -2.17. The van der Waals surface area contributed by atoms with E-state index in [-0.39, 0.29) is 5.12 Å². The van der Waals surface area contributed by atoms with Crippen molar-refractivity contribution in [3.05, 3.63) is 96.6 Å². The summed E-state index contributed by atoms with van der Waals surface area (Å²) in [6.45, 7) is 0. The van der Waals surface area contributed by atoms with Gasteiger partial charge in [-0.25, -0.2) is 0 Å². The highest BCUT2D eigenvalue weighted by molar-refractivity contribution is 8.13. The molecule has 0 amide bonds. The summed E-state index contributed by atoms with van der Waals surface area (Å²) in [5.74, 6) is 0.597. The number of nitrogens with zero attached hydrogens (tertiary/aromatic N) is 1. The summed E-state index contributed by atoms with van der Waals surface area (Å²) in [5.41, 5.74) is 3.23. The molecule has 3 heteroatoms. The van der Waals surface area contributed by atoms with Crippen LogP contribution in [0.2, 0.25) is 0 Å². The molecule has 0 saturated carbocycles. The number of benzene rings is 3. The Morgan fingerprint density at radius 1 is 0.708 bits per heavy atom. The number of para-hydroxylation sites is 2. The summed E-state index contributed by atoms with van der Waals surface area (Å²) in [7, 11) is 0. The Morgan fingerprint density at radius 2 is 1.17 bits per heavy atom. The maximum absolute atomic E-state index is 12.3. The van der Waals surface area contributed by atoms with Gasteiger partial charge in [-0.1, -0.05) is 78.5 Å². The minimum atomic E-state index is 0.179. The van der Waals surface area contributed by atoms with Crippen molar-refractivity contribution in [1.29, 1.82) is 0 Å². The maximum atomic E-state index is 12.3. The summed E-state index contributed by atoms with van der Waals surface area (Å²) in [5, 5.41) is 0.179. The lowest BCUT2D eigenvalue weighted by Gasteiger charge is -2.24. The van der Waals surface area contributed by atoms with Crippen molar-refractivity contribution in [2.45, 2.75) is 6.42 Å². The number of hydrogen-bond donors (Lipinski definition) is 0. The minimum Gasteiger partial charge on any atom is -0.331 e. The van der Waals surface area contributed by atoms with E-state index in [2.05, 4.69) is 29.2 Å². The van der Waals surface area contributed by atoms with Crippen LogP contribution < -0.4 is 4.90 Å². The third-order valence-corrected chi connectivity index (χ3v) is 4.54. The highest BCUT2D eigenvalue weighted by Crippen LogP contribution is 2.27. The number of carbonyl (C=O) groups is 1. The van der Waals surface area contributed by atoms with Crippen LogP contribution in [0.3, 0.4) is 0 Å². The molecule has 0 heterocycles. The largest absolute Gasteiger partial charge is 0.331 e. The second kappa shape index (κ2) is 8.37. The van der Waals surface area contributed by atoms with Gasteiger partial charge in [-0.2, -0.15) is 0 Å². The Kier molecular flexibility index (Phi) is 5.70. The van der Waals surface area contributed by atoms with E-state index >= 15 is 0 Å². The van der Waals surface area contributed by atoms with Gasteiger partial charge in [0.05, 0.1) is 5.88 Å². The van der Waals surface area contributed by atoms with Crippen molar-refractivity contribution in [1.82, 2.24) is 0 Å². The second-order valence-electron chi connectivity index (χ2n) is 5.41. The Bertz CT molecular complexity index is 720. The first-order valence-corrected chi connectivity index (χ1v) is 8.89. The third-order valence-electron chi connectivity index (χ3n) is 3.68. The number of rotatable bonds is 6. The van der Waals surface area contributed by atoms with Crippen molar-refractivity contribution in [2.75, 3.05) is 10.8 Å². The fourth-order valence-electron chi connectivity index (χ4n) is 2.46. The molecule has 3 rings (SSSR count). The molecule has 0 radical (unpaired) electrons. The highest BCUT2D eigenvalue weighted by Gasteiger charge is 2.12. The summed E-state index contributed by atoms with van der Waals surface area (Å²) < 4.78 is 0. The summed E-state index contributed by atoms with van der Waals surface area (Å²) in [4.78, 5) is 14.5. The van der Waals surface area contributed by atoms with Crippen molar-refractivity contribution in [3.63, 3.8) is 0 Å². The zero-order valence-electron chi connectivity index (χ0n) is 13.3. The molecule has 0 bridgehead atoms. The molecule has 3 aromatic rings. The topological polar surface area (TPSA) is 20.3 Å². The molecule has 0 aliphatic carbocycles. The normalized spacial score (nSPS) is 10.3. The molecule has 120 valence electrons. The maximum Gasteiger partial charge on any atom is 0.195 e. The number of hydrogen-bond acceptors (Lipinski definition) is 3. The molecule has 0 aromatic heterocycles. The van der Waals surface area contributed by atoms with Crippen molar-refractivity contribution >= 4 is 28.3 Å². The number of carbonyl (C=O) groups excluding carboxylic acids is 1. The standard InChI is InChI=1S/C21H19NOS/c23-21(16-18-10-4-1-5-11-18)24-17-22(19-12-6-2-7-13-19)20-14-8-3-9-15-20/h1-15H,16-17H2. The first-order valence-electron chi connectivity index (χ1n) is 7.90. The first-order chi connectivity index (χ1) is 11.8. The van der Waals surface area contributed by atoms with Crippen molar-refractivity contribution in [3.8, 4) is 0 Å². The zero-order valence-corrected chi connectivity index (χ0v) is 14.2. The fourth-order valence-corrected chi connectivity index (χ4v) is 3.30. The molecule has 0 aliphatic rings. The monoisotopic (exact) mass is 333 g/mol. The molecule has 0 fully saturated rings. The van der Waals surface area contributed by atoms with Crippen molar-refractivity contribution < 1.29 is 4.79 Å². The number of thioether (sulfide) groups is 1. The average molecular weight is 333 g/mol. The quantitative estimate of drug-likeness (QED) is 0.572. The molecular weight excluding hydrogens is 314 g/mol. The lowest BCUT2D eigenvalue weighted by molar-refractivity contribution is -0.110. The van der Waals surface area contributed by atoms with E-state index in [0.717, 1.165) is 16.9 Å². The molecular formula is C21H19NOS. The van der Waals surface area contributed by atoms with E-state index in [1.54, 1.807) is 0 Å². The molecule has 0 atom stereocenters. The molecule has 0 aliphatic heterocycles. The zero-order chi connectivity index (χ0) is 16.6. The van der Waals surface area contributed by atoms with Gasteiger partial charge in [0.1, 0.15) is 0 Å². The molecule has 2 nitrogen and oxygen atoms in total. The molecule has 0 N–H and O–H groups in total. The van der Waals surface area contributed by atoms with E-state index < -0.39 is 0 Å². The third kappa shape index (κ3) is 4.49. The van der Waals surface area contributed by atoms with Crippen LogP contribution in [0.5, 0.6) is 0 Å². The van der Waals surface area contributed by atoms with E-state index in [9.17, 15) is 4.79 Å². The van der Waals surface area contributed by atoms with E-state index in [4.69, 9.17) is 0 Å². The van der Waals surface area contributed by atoms with Crippen LogP contribution in [0.4, 0.5) is 11.4 Å². The van der Waals surface area contributed by atoms with Gasteiger partial charge in [-0.15, -0.1) is 0 Å². The van der Waals surface area contributed by atoms with Crippen LogP contribution in [0.15, 0.2) is 91.0 Å². The van der Waals surface area contributed by atoms with Gasteiger partial charge in [0.2, 0.25) is 0 Å². The van der Waals surface area contributed by atoms with Gasteiger partial charge in [-0.05, 0) is 29.8 Å². The smallest absolute Gasteiger partial charge is 0.195 e. The van der Waals surface area contributed by atoms with Crippen molar-refractivity contribution in [2.24, 2.45) is 0 Å². The predicted octanol–water partition coefficient (Wildman–Crippen LogP) is 5.28. The SMILES string of the molecule is O=C(Cc1ccccc1)SCN(c1ccccc1)c1ccccc1. The van der Waals surface area contributed by atoms with Gasteiger partial charge in [0.25, 0.3) is 0 Å². The second-order valence-corrected chi connectivity index (χ2v) is 6.41. The van der Waals surface area contributed by atoms with Gasteiger partial charge in [0.15, 0.2) is 5.12 Å². The van der Waals surface area contributed by atoms with Crippen LogP contribution in [-0.2, 0) is 11.2 Å². The lowest BCUT2D eigenvalue weighted by atomic mass is 10.2. The van der Waals surface area contributed by atoms with E-state index in [1.807, 2.05) is 66.7 Å². The minimum absolute atomic E-state index is 0.179. The Morgan fingerprint density at radius 3 is 1.67 bits per heavy atom. The van der Waals surface area contributed by atoms with Gasteiger partial charge in [0, 0.05) is 17.8 Å². The molecule has 0 saturated heterocycles. The molecule has 0 spiro atoms. The molecule has 0 unspecified atom stereocenters.